The molecule has 3 heterocycles. The van der Waals surface area contributed by atoms with E-state index < -0.39 is 17.8 Å². The molecule has 2 aromatic heterocycles. The van der Waals surface area contributed by atoms with E-state index in [9.17, 15) is 14.0 Å². The number of halogens is 2. The third-order valence-electron chi connectivity index (χ3n) is 4.80. The van der Waals surface area contributed by atoms with Crippen LogP contribution in [0.3, 0.4) is 0 Å². The van der Waals surface area contributed by atoms with Crippen LogP contribution in [0.15, 0.2) is 29.0 Å². The SMILES string of the molecule is COC(=O)COCC(=O)N1Cc2[nH]cnc2CC1c1nc(-c2ccc(F)c(Cl)c2)no1. The molecule has 3 aromatic rings. The Balaban J connectivity index is 1.57. The molecule has 12 heteroatoms. The van der Waals surface area contributed by atoms with E-state index in [2.05, 4.69) is 24.8 Å². The second-order valence-corrected chi connectivity index (χ2v) is 7.13. The number of carbonyl (C=O) groups is 2. The van der Waals surface area contributed by atoms with Gasteiger partial charge < -0.3 is 23.9 Å². The number of nitrogens with one attached hydrogen (secondary N) is 1. The van der Waals surface area contributed by atoms with Crippen LogP contribution >= 0.6 is 11.6 Å². The van der Waals surface area contributed by atoms with Crippen LogP contribution in [0.2, 0.25) is 5.02 Å². The Morgan fingerprint density at radius 2 is 2.23 bits per heavy atom. The number of ether oxygens (including phenoxy) is 2. The fourth-order valence-electron chi connectivity index (χ4n) is 3.21. The van der Waals surface area contributed by atoms with Gasteiger partial charge in [-0.1, -0.05) is 16.8 Å². The van der Waals surface area contributed by atoms with Gasteiger partial charge in [0, 0.05) is 12.0 Å². The molecule has 1 aliphatic heterocycles. The first kappa shape index (κ1) is 20.9. The van der Waals surface area contributed by atoms with Crippen molar-refractivity contribution in [1.82, 2.24) is 25.0 Å². The Labute approximate surface area is 180 Å². The Morgan fingerprint density at radius 3 is 3.00 bits per heavy atom. The molecule has 0 saturated carbocycles. The molecule has 1 unspecified atom stereocenters. The zero-order valence-corrected chi connectivity index (χ0v) is 17.1. The van der Waals surface area contributed by atoms with Crippen molar-refractivity contribution in [3.8, 4) is 11.4 Å². The summed E-state index contributed by atoms with van der Waals surface area (Å²) in [6.45, 7) is -0.448. The number of hydrogen-bond acceptors (Lipinski definition) is 8. The van der Waals surface area contributed by atoms with Gasteiger partial charge >= 0.3 is 5.97 Å². The Bertz CT molecular complexity index is 1120. The number of imidazole rings is 1. The molecule has 0 bridgehead atoms. The fraction of sp³-hybridized carbons (Fsp3) is 0.316. The second-order valence-electron chi connectivity index (χ2n) is 6.72. The number of methoxy groups -OCH3 is 1. The summed E-state index contributed by atoms with van der Waals surface area (Å²) in [5, 5.41) is 3.87. The van der Waals surface area contributed by atoms with Crippen LogP contribution in [-0.4, -0.2) is 57.2 Å². The van der Waals surface area contributed by atoms with E-state index in [1.165, 1.54) is 30.2 Å². The first-order valence-corrected chi connectivity index (χ1v) is 9.58. The predicted octanol–water partition coefficient (Wildman–Crippen LogP) is 2.07. The summed E-state index contributed by atoms with van der Waals surface area (Å²) in [5.41, 5.74) is 2.02. The lowest BCUT2D eigenvalue weighted by molar-refractivity contribution is -0.150. The highest BCUT2D eigenvalue weighted by atomic mass is 35.5. The average Bonchev–Trinajstić information content (AvgIpc) is 3.43. The van der Waals surface area contributed by atoms with Crippen LogP contribution in [-0.2, 0) is 32.0 Å². The van der Waals surface area contributed by atoms with E-state index in [1.54, 1.807) is 6.33 Å². The molecule has 1 atom stereocenters. The molecular formula is C19H17ClFN5O5. The lowest BCUT2D eigenvalue weighted by Crippen LogP contribution is -2.41. The maximum Gasteiger partial charge on any atom is 0.331 e. The van der Waals surface area contributed by atoms with Gasteiger partial charge in [-0.15, -0.1) is 0 Å². The number of aromatic nitrogens is 4. The van der Waals surface area contributed by atoms with E-state index in [1.807, 2.05) is 0 Å². The van der Waals surface area contributed by atoms with Crippen LogP contribution in [0.1, 0.15) is 23.3 Å². The van der Waals surface area contributed by atoms with Gasteiger partial charge in [0.2, 0.25) is 17.6 Å². The van der Waals surface area contributed by atoms with Crippen LogP contribution in [0.4, 0.5) is 4.39 Å². The van der Waals surface area contributed by atoms with Crippen molar-refractivity contribution in [1.29, 1.82) is 0 Å². The highest BCUT2D eigenvalue weighted by molar-refractivity contribution is 6.31. The fourth-order valence-corrected chi connectivity index (χ4v) is 3.39. The minimum Gasteiger partial charge on any atom is -0.467 e. The van der Waals surface area contributed by atoms with E-state index in [-0.39, 0.29) is 42.4 Å². The topological polar surface area (TPSA) is 123 Å². The number of aromatic amines is 1. The van der Waals surface area contributed by atoms with E-state index in [4.69, 9.17) is 20.9 Å². The molecule has 1 amide bonds. The molecule has 0 spiro atoms. The van der Waals surface area contributed by atoms with Gasteiger partial charge in [0.15, 0.2) is 0 Å². The first-order chi connectivity index (χ1) is 15.0. The number of carbonyl (C=O) groups excluding carboxylic acids is 2. The molecular weight excluding hydrogens is 433 g/mol. The van der Waals surface area contributed by atoms with Gasteiger partial charge in [-0.3, -0.25) is 4.79 Å². The quantitative estimate of drug-likeness (QED) is 0.567. The summed E-state index contributed by atoms with van der Waals surface area (Å²) in [5.74, 6) is -1.13. The monoisotopic (exact) mass is 449 g/mol. The highest BCUT2D eigenvalue weighted by Crippen LogP contribution is 2.32. The molecule has 0 saturated heterocycles. The number of fused-ring (bicyclic) bond motifs is 1. The van der Waals surface area contributed by atoms with Gasteiger partial charge in [-0.05, 0) is 18.2 Å². The number of benzene rings is 1. The van der Waals surface area contributed by atoms with Crippen molar-refractivity contribution in [3.63, 3.8) is 0 Å². The van der Waals surface area contributed by atoms with Crippen molar-refractivity contribution >= 4 is 23.5 Å². The third-order valence-corrected chi connectivity index (χ3v) is 5.09. The summed E-state index contributed by atoms with van der Waals surface area (Å²) in [4.78, 5) is 37.2. The smallest absolute Gasteiger partial charge is 0.331 e. The molecule has 31 heavy (non-hydrogen) atoms. The van der Waals surface area contributed by atoms with Gasteiger partial charge in [0.1, 0.15) is 25.1 Å². The van der Waals surface area contributed by atoms with Gasteiger partial charge in [-0.25, -0.2) is 14.2 Å². The van der Waals surface area contributed by atoms with Crippen molar-refractivity contribution < 1.29 is 28.0 Å². The average molecular weight is 450 g/mol. The summed E-state index contributed by atoms with van der Waals surface area (Å²) in [6, 6.07) is 3.48. The van der Waals surface area contributed by atoms with Crippen LogP contribution < -0.4 is 0 Å². The van der Waals surface area contributed by atoms with Crippen LogP contribution in [0.5, 0.6) is 0 Å². The summed E-state index contributed by atoms with van der Waals surface area (Å²) in [6.07, 6.45) is 1.89. The van der Waals surface area contributed by atoms with Crippen molar-refractivity contribution in [2.24, 2.45) is 0 Å². The zero-order chi connectivity index (χ0) is 22.0. The summed E-state index contributed by atoms with van der Waals surface area (Å²) >= 11 is 5.84. The Kier molecular flexibility index (Phi) is 5.96. The van der Waals surface area contributed by atoms with Gasteiger partial charge in [0.05, 0.1) is 36.4 Å². The molecule has 1 N–H and O–H groups in total. The lowest BCUT2D eigenvalue weighted by Gasteiger charge is -2.32. The standard InChI is InChI=1S/C19H17ClFN5O5/c1-29-17(28)8-30-7-16(27)26-6-14-13(22-9-23-14)5-15(26)19-24-18(25-31-19)10-2-3-12(21)11(20)4-10/h2-4,9,15H,5-8H2,1H3,(H,22,23). The molecule has 0 fully saturated rings. The van der Waals surface area contributed by atoms with E-state index in [0.29, 0.717) is 12.0 Å². The van der Waals surface area contributed by atoms with Crippen LogP contribution in [0, 0.1) is 5.82 Å². The van der Waals surface area contributed by atoms with E-state index >= 15 is 0 Å². The maximum atomic E-state index is 13.4. The number of nitrogens with zero attached hydrogens (tertiary/aromatic N) is 4. The highest BCUT2D eigenvalue weighted by Gasteiger charge is 2.36. The van der Waals surface area contributed by atoms with Crippen molar-refractivity contribution in [3.05, 3.63) is 52.6 Å². The molecule has 0 radical (unpaired) electrons. The number of esters is 1. The molecule has 0 aliphatic carbocycles. The Morgan fingerprint density at radius 1 is 1.39 bits per heavy atom. The summed E-state index contributed by atoms with van der Waals surface area (Å²) < 4.78 is 28.5. The molecule has 1 aromatic carbocycles. The van der Waals surface area contributed by atoms with Gasteiger partial charge in [-0.2, -0.15) is 4.98 Å². The summed E-state index contributed by atoms with van der Waals surface area (Å²) in [7, 11) is 1.23. The molecule has 10 nitrogen and oxygen atoms in total. The molecule has 4 rings (SSSR count). The normalized spacial score (nSPS) is 15.6. The largest absolute Gasteiger partial charge is 0.467 e. The first-order valence-electron chi connectivity index (χ1n) is 9.20. The number of hydrogen-bond donors (Lipinski definition) is 1. The molecule has 162 valence electrons. The molecule has 1 aliphatic rings. The van der Waals surface area contributed by atoms with Gasteiger partial charge in [0.25, 0.3) is 0 Å². The van der Waals surface area contributed by atoms with Crippen molar-refractivity contribution in [2.75, 3.05) is 20.3 Å². The maximum absolute atomic E-state index is 13.4. The Hall–Kier alpha value is -3.31. The second kappa shape index (κ2) is 8.82. The van der Waals surface area contributed by atoms with E-state index in [0.717, 1.165) is 11.4 Å². The number of amides is 1. The van der Waals surface area contributed by atoms with Crippen molar-refractivity contribution in [2.45, 2.75) is 19.0 Å². The number of H-pyrrole nitrogens is 1. The third kappa shape index (κ3) is 4.42. The minimum atomic E-state index is -0.595. The minimum absolute atomic E-state index is 0.0674. The number of rotatable bonds is 6. The predicted molar refractivity (Wildman–Crippen MR) is 103 cm³/mol. The van der Waals surface area contributed by atoms with Crippen LogP contribution in [0.25, 0.3) is 11.4 Å². The zero-order valence-electron chi connectivity index (χ0n) is 16.3. The lowest BCUT2D eigenvalue weighted by atomic mass is 10.0.